The second-order valence-corrected chi connectivity index (χ2v) is 12.4. The Bertz CT molecular complexity index is 1870. The Kier molecular flexibility index (Phi) is 7.02. The number of urea groups is 1. The zero-order chi connectivity index (χ0) is 27.0. The molecule has 2 N–H and O–H groups in total. The summed E-state index contributed by atoms with van der Waals surface area (Å²) in [7, 11) is -4.09. The Morgan fingerprint density at radius 3 is 2.37 bits per heavy atom. The normalized spacial score (nSPS) is 11.4. The van der Waals surface area contributed by atoms with Gasteiger partial charge < -0.3 is 5.32 Å². The van der Waals surface area contributed by atoms with Gasteiger partial charge in [-0.3, -0.25) is 9.36 Å². The van der Waals surface area contributed by atoms with E-state index in [-0.39, 0.29) is 24.8 Å². The maximum absolute atomic E-state index is 13.5. The van der Waals surface area contributed by atoms with Crippen LogP contribution in [0.1, 0.15) is 5.56 Å². The molecule has 0 unspecified atom stereocenters. The predicted octanol–water partition coefficient (Wildman–Crippen LogP) is 6.84. The molecule has 2 aromatic heterocycles. The SMILES string of the molecule is Cc1ccc2c(=O)n(-c3ccc(NC(=O)NS(=O)(=O)c4ccc(Cl)s4)cc3Cl)cc(-c3ccccc3)c2c1. The van der Waals surface area contributed by atoms with Crippen LogP contribution in [0.25, 0.3) is 27.6 Å². The molecule has 0 atom stereocenters. The van der Waals surface area contributed by atoms with Crippen LogP contribution in [0.4, 0.5) is 10.5 Å². The van der Waals surface area contributed by atoms with Crippen molar-refractivity contribution in [2.24, 2.45) is 0 Å². The third-order valence-corrected chi connectivity index (χ3v) is 9.12. The molecule has 192 valence electrons. The zero-order valence-corrected chi connectivity index (χ0v) is 22.9. The molecule has 5 aromatic rings. The Hall–Kier alpha value is -3.63. The number of halogens is 2. The molecule has 0 aliphatic rings. The van der Waals surface area contributed by atoms with Crippen molar-refractivity contribution in [2.45, 2.75) is 11.1 Å². The third-order valence-electron chi connectivity index (χ3n) is 5.76. The summed E-state index contributed by atoms with van der Waals surface area (Å²) in [6, 6.07) is 21.7. The molecular weight excluding hydrogens is 565 g/mol. The number of hydrogen-bond acceptors (Lipinski definition) is 5. The van der Waals surface area contributed by atoms with E-state index in [0.29, 0.717) is 11.1 Å². The van der Waals surface area contributed by atoms with Gasteiger partial charge in [0.25, 0.3) is 15.6 Å². The molecule has 0 radical (unpaired) electrons. The number of aromatic nitrogens is 1. The molecule has 5 rings (SSSR count). The van der Waals surface area contributed by atoms with Gasteiger partial charge in [-0.1, -0.05) is 71.2 Å². The number of pyridine rings is 1. The van der Waals surface area contributed by atoms with Crippen molar-refractivity contribution in [3.63, 3.8) is 0 Å². The van der Waals surface area contributed by atoms with Crippen molar-refractivity contribution in [3.8, 4) is 16.8 Å². The number of rotatable bonds is 5. The first-order chi connectivity index (χ1) is 18.1. The average molecular weight is 585 g/mol. The number of nitrogens with one attached hydrogen (secondary N) is 2. The number of amides is 2. The van der Waals surface area contributed by atoms with Crippen molar-refractivity contribution >= 4 is 67.1 Å². The van der Waals surface area contributed by atoms with Crippen molar-refractivity contribution in [2.75, 3.05) is 5.32 Å². The fraction of sp³-hybridized carbons (Fsp3) is 0.0370. The van der Waals surface area contributed by atoms with Gasteiger partial charge in [0, 0.05) is 22.8 Å². The van der Waals surface area contributed by atoms with Gasteiger partial charge in [-0.25, -0.2) is 17.9 Å². The van der Waals surface area contributed by atoms with E-state index in [2.05, 4.69) is 5.32 Å². The van der Waals surface area contributed by atoms with Crippen LogP contribution in [0.3, 0.4) is 0 Å². The van der Waals surface area contributed by atoms with Gasteiger partial charge in [0.15, 0.2) is 0 Å². The van der Waals surface area contributed by atoms with E-state index in [4.69, 9.17) is 23.2 Å². The number of sulfonamides is 1. The highest BCUT2D eigenvalue weighted by Crippen LogP contribution is 2.31. The summed E-state index contributed by atoms with van der Waals surface area (Å²) in [5.41, 5.74) is 3.23. The van der Waals surface area contributed by atoms with E-state index in [1.807, 2.05) is 54.1 Å². The van der Waals surface area contributed by atoms with Crippen molar-refractivity contribution in [1.29, 1.82) is 0 Å². The van der Waals surface area contributed by atoms with E-state index in [9.17, 15) is 18.0 Å². The van der Waals surface area contributed by atoms with E-state index in [1.165, 1.54) is 28.8 Å². The van der Waals surface area contributed by atoms with Crippen molar-refractivity contribution in [3.05, 3.63) is 110 Å². The minimum atomic E-state index is -4.09. The number of carbonyl (C=O) groups excluding carboxylic acids is 1. The number of aryl methyl sites for hydroxylation is 1. The molecule has 2 amide bonds. The first kappa shape index (κ1) is 26.0. The lowest BCUT2D eigenvalue weighted by Crippen LogP contribution is -2.33. The van der Waals surface area contributed by atoms with E-state index in [0.717, 1.165) is 33.4 Å². The number of benzene rings is 3. The second-order valence-electron chi connectivity index (χ2n) is 8.42. The fourth-order valence-electron chi connectivity index (χ4n) is 4.03. The highest BCUT2D eigenvalue weighted by atomic mass is 35.5. The summed E-state index contributed by atoms with van der Waals surface area (Å²) in [6.45, 7) is 1.97. The molecule has 7 nitrogen and oxygen atoms in total. The summed E-state index contributed by atoms with van der Waals surface area (Å²) < 4.78 is 28.4. The topological polar surface area (TPSA) is 97.3 Å². The lowest BCUT2D eigenvalue weighted by molar-refractivity contribution is 0.256. The zero-order valence-electron chi connectivity index (χ0n) is 19.7. The quantitative estimate of drug-likeness (QED) is 0.236. The predicted molar refractivity (Wildman–Crippen MR) is 153 cm³/mol. The molecule has 0 saturated heterocycles. The molecule has 3 aromatic carbocycles. The van der Waals surface area contributed by atoms with Crippen LogP contribution in [0.15, 0.2) is 94.1 Å². The number of hydrogen-bond donors (Lipinski definition) is 2. The summed E-state index contributed by atoms with van der Waals surface area (Å²) in [4.78, 5) is 25.9. The second kappa shape index (κ2) is 10.3. The first-order valence-electron chi connectivity index (χ1n) is 11.2. The summed E-state index contributed by atoms with van der Waals surface area (Å²) in [5.74, 6) is 0. The monoisotopic (exact) mass is 583 g/mol. The Balaban J connectivity index is 1.49. The molecule has 2 heterocycles. The van der Waals surface area contributed by atoms with Crippen LogP contribution >= 0.6 is 34.5 Å². The molecule has 38 heavy (non-hydrogen) atoms. The first-order valence-corrected chi connectivity index (χ1v) is 14.3. The van der Waals surface area contributed by atoms with Crippen LogP contribution in [0.2, 0.25) is 9.36 Å². The number of carbonyl (C=O) groups is 1. The lowest BCUT2D eigenvalue weighted by Gasteiger charge is -2.15. The van der Waals surface area contributed by atoms with E-state index < -0.39 is 16.1 Å². The molecule has 11 heteroatoms. The molecule has 0 fully saturated rings. The molecule has 0 bridgehead atoms. The molecule has 0 aliphatic carbocycles. The average Bonchev–Trinajstić information content (AvgIpc) is 3.32. The summed E-state index contributed by atoms with van der Waals surface area (Å²) in [6.07, 6.45) is 1.75. The van der Waals surface area contributed by atoms with Crippen molar-refractivity contribution in [1.82, 2.24) is 9.29 Å². The van der Waals surface area contributed by atoms with Gasteiger partial charge in [0.2, 0.25) is 0 Å². The van der Waals surface area contributed by atoms with Crippen LogP contribution in [-0.4, -0.2) is 19.0 Å². The molecular formula is C27H19Cl2N3O4S2. The maximum Gasteiger partial charge on any atom is 0.333 e. The van der Waals surface area contributed by atoms with E-state index in [1.54, 1.807) is 18.3 Å². The van der Waals surface area contributed by atoms with Gasteiger partial charge in [0.05, 0.1) is 15.0 Å². The standard InChI is InChI=1S/C27H19Cl2N3O4S2/c1-16-7-9-19-20(13-16)21(17-5-3-2-4-6-17)15-32(26(19)33)23-10-8-18(14-22(23)28)30-27(34)31-38(35,36)25-12-11-24(29)37-25/h2-15H,1H3,(H2,30,31,34). The summed E-state index contributed by atoms with van der Waals surface area (Å²) in [5, 5.41) is 4.00. The van der Waals surface area contributed by atoms with Gasteiger partial charge in [-0.15, -0.1) is 11.3 Å². The number of anilines is 1. The minimum absolute atomic E-state index is 0.0916. The van der Waals surface area contributed by atoms with Crippen LogP contribution in [-0.2, 0) is 10.0 Å². The smallest absolute Gasteiger partial charge is 0.307 e. The van der Waals surface area contributed by atoms with Gasteiger partial charge in [-0.05, 0) is 54.3 Å². The van der Waals surface area contributed by atoms with Crippen LogP contribution in [0.5, 0.6) is 0 Å². The lowest BCUT2D eigenvalue weighted by atomic mass is 9.99. The summed E-state index contributed by atoms with van der Waals surface area (Å²) >= 11 is 13.2. The number of thiophene rings is 1. The Morgan fingerprint density at radius 1 is 0.921 bits per heavy atom. The third kappa shape index (κ3) is 5.19. The van der Waals surface area contributed by atoms with Gasteiger partial charge in [-0.2, -0.15) is 0 Å². The molecule has 0 spiro atoms. The fourth-order valence-corrected chi connectivity index (χ4v) is 6.69. The number of fused-ring (bicyclic) bond motifs is 1. The minimum Gasteiger partial charge on any atom is -0.307 e. The van der Waals surface area contributed by atoms with E-state index >= 15 is 0 Å². The van der Waals surface area contributed by atoms with Gasteiger partial charge >= 0.3 is 6.03 Å². The maximum atomic E-state index is 13.5. The highest BCUT2D eigenvalue weighted by molar-refractivity contribution is 7.92. The van der Waals surface area contributed by atoms with Crippen LogP contribution in [0, 0.1) is 6.92 Å². The molecule has 0 aliphatic heterocycles. The Labute approximate surface area is 232 Å². The van der Waals surface area contributed by atoms with Crippen LogP contribution < -0.4 is 15.6 Å². The van der Waals surface area contributed by atoms with Crippen molar-refractivity contribution < 1.29 is 13.2 Å². The molecule has 0 saturated carbocycles. The van der Waals surface area contributed by atoms with Gasteiger partial charge in [0.1, 0.15) is 4.21 Å². The highest BCUT2D eigenvalue weighted by Gasteiger charge is 2.20. The Morgan fingerprint density at radius 2 is 1.68 bits per heavy atom. The number of nitrogens with zero attached hydrogens (tertiary/aromatic N) is 1. The largest absolute Gasteiger partial charge is 0.333 e.